The summed E-state index contributed by atoms with van der Waals surface area (Å²) in [6.07, 6.45) is 2.22. The number of anilines is 2. The van der Waals surface area contributed by atoms with Gasteiger partial charge in [-0.2, -0.15) is 0 Å². The molecule has 2 heterocycles. The van der Waals surface area contributed by atoms with Crippen molar-refractivity contribution >= 4 is 33.3 Å². The van der Waals surface area contributed by atoms with E-state index in [2.05, 4.69) is 10.0 Å². The van der Waals surface area contributed by atoms with Gasteiger partial charge in [-0.25, -0.2) is 8.42 Å². The molecule has 0 unspecified atom stereocenters. The molecule has 9 heteroatoms. The summed E-state index contributed by atoms with van der Waals surface area (Å²) in [4.78, 5) is 24.3. The Kier molecular flexibility index (Phi) is 5.08. The van der Waals surface area contributed by atoms with Crippen LogP contribution in [0.4, 0.5) is 11.4 Å². The number of benzene rings is 2. The fourth-order valence-electron chi connectivity index (χ4n) is 3.69. The van der Waals surface area contributed by atoms with Gasteiger partial charge in [-0.3, -0.25) is 14.3 Å². The van der Waals surface area contributed by atoms with E-state index in [1.165, 1.54) is 24.3 Å². The maximum atomic E-state index is 12.6. The third-order valence-corrected chi connectivity index (χ3v) is 6.62. The van der Waals surface area contributed by atoms with Gasteiger partial charge in [0, 0.05) is 11.4 Å². The molecule has 2 aromatic rings. The standard InChI is InChI=1S/C21H20N2O6S/c1-12-2-8-15(9-3-12)30(27,28)23-14-6-4-13(5-7-14)22-20(24)18-16-10-11-17(29-16)19(18)21(25)26/h2-11,16-19,23H,1H3,(H,22,24)(H,25,26)/t16-,17+,18-,19-/m0/s1. The number of fused-ring (bicyclic) bond motifs is 2. The SMILES string of the molecule is Cc1ccc(S(=O)(=O)Nc2ccc(NC(=O)[C@@H]3[C@@H](C(=O)O)[C@H]4C=C[C@@H]3O4)cc2)cc1. The molecular weight excluding hydrogens is 408 g/mol. The smallest absolute Gasteiger partial charge is 0.310 e. The summed E-state index contributed by atoms with van der Waals surface area (Å²) in [6, 6.07) is 12.6. The number of aliphatic carboxylic acids is 1. The van der Waals surface area contributed by atoms with Crippen LogP contribution in [0.25, 0.3) is 0 Å². The fraction of sp³-hybridized carbons (Fsp3) is 0.238. The minimum absolute atomic E-state index is 0.148. The van der Waals surface area contributed by atoms with E-state index in [1.54, 1.807) is 36.4 Å². The molecule has 2 aliphatic rings. The van der Waals surface area contributed by atoms with Gasteiger partial charge in [-0.05, 0) is 43.3 Å². The number of hydrogen-bond acceptors (Lipinski definition) is 5. The summed E-state index contributed by atoms with van der Waals surface area (Å²) in [5, 5.41) is 12.1. The lowest BCUT2D eigenvalue weighted by Crippen LogP contribution is -2.39. The van der Waals surface area contributed by atoms with Crippen LogP contribution in [0.2, 0.25) is 0 Å². The number of rotatable bonds is 6. The lowest BCUT2D eigenvalue weighted by Gasteiger charge is -2.21. The van der Waals surface area contributed by atoms with Crippen LogP contribution < -0.4 is 10.0 Å². The van der Waals surface area contributed by atoms with E-state index < -0.39 is 45.9 Å². The average molecular weight is 428 g/mol. The van der Waals surface area contributed by atoms with E-state index in [1.807, 2.05) is 6.92 Å². The Morgan fingerprint density at radius 2 is 1.47 bits per heavy atom. The number of carbonyl (C=O) groups is 2. The normalized spacial score (nSPS) is 24.6. The second-order valence-corrected chi connectivity index (χ2v) is 9.01. The summed E-state index contributed by atoms with van der Waals surface area (Å²) >= 11 is 0. The van der Waals surface area contributed by atoms with Crippen LogP contribution in [0.1, 0.15) is 5.56 Å². The van der Waals surface area contributed by atoms with Crippen molar-refractivity contribution in [3.8, 4) is 0 Å². The first kappa shape index (κ1) is 20.1. The molecule has 0 radical (unpaired) electrons. The molecule has 0 aliphatic carbocycles. The molecular formula is C21H20N2O6S. The molecule has 3 N–H and O–H groups in total. The molecule has 1 amide bonds. The Labute approximate surface area is 173 Å². The lowest BCUT2D eigenvalue weighted by atomic mass is 9.82. The monoisotopic (exact) mass is 428 g/mol. The van der Waals surface area contributed by atoms with Crippen LogP contribution in [-0.4, -0.2) is 37.6 Å². The predicted molar refractivity (Wildman–Crippen MR) is 109 cm³/mol. The second-order valence-electron chi connectivity index (χ2n) is 7.33. The van der Waals surface area contributed by atoms with Gasteiger partial charge in [0.15, 0.2) is 0 Å². The highest BCUT2D eigenvalue weighted by molar-refractivity contribution is 7.92. The molecule has 30 heavy (non-hydrogen) atoms. The molecule has 4 rings (SSSR count). The summed E-state index contributed by atoms with van der Waals surface area (Å²) < 4.78 is 32.9. The summed E-state index contributed by atoms with van der Waals surface area (Å²) in [5.74, 6) is -3.28. The second kappa shape index (κ2) is 7.58. The number of amides is 1. The Morgan fingerprint density at radius 3 is 2.07 bits per heavy atom. The summed E-state index contributed by atoms with van der Waals surface area (Å²) in [7, 11) is -3.73. The lowest BCUT2D eigenvalue weighted by molar-refractivity contribution is -0.145. The number of carboxylic acid groups (broad SMARTS) is 1. The largest absolute Gasteiger partial charge is 0.481 e. The van der Waals surface area contributed by atoms with Gasteiger partial charge in [0.05, 0.1) is 23.0 Å². The third-order valence-electron chi connectivity index (χ3n) is 5.22. The predicted octanol–water partition coefficient (Wildman–Crippen LogP) is 2.39. The van der Waals surface area contributed by atoms with E-state index in [0.717, 1.165) is 5.56 Å². The van der Waals surface area contributed by atoms with E-state index in [0.29, 0.717) is 11.4 Å². The van der Waals surface area contributed by atoms with Crippen molar-refractivity contribution < 1.29 is 27.9 Å². The van der Waals surface area contributed by atoms with Crippen molar-refractivity contribution in [2.75, 3.05) is 10.0 Å². The molecule has 1 fully saturated rings. The van der Waals surface area contributed by atoms with Crippen LogP contribution in [0.5, 0.6) is 0 Å². The minimum atomic E-state index is -3.73. The topological polar surface area (TPSA) is 122 Å². The average Bonchev–Trinajstić information content (AvgIpc) is 3.31. The molecule has 156 valence electrons. The zero-order valence-corrected chi connectivity index (χ0v) is 16.8. The molecule has 0 aromatic heterocycles. The molecule has 4 atom stereocenters. The van der Waals surface area contributed by atoms with Crippen LogP contribution in [0.3, 0.4) is 0 Å². The van der Waals surface area contributed by atoms with Crippen molar-refractivity contribution in [1.82, 2.24) is 0 Å². The first-order valence-electron chi connectivity index (χ1n) is 9.31. The Bertz CT molecular complexity index is 1110. The van der Waals surface area contributed by atoms with E-state index in [9.17, 15) is 23.1 Å². The van der Waals surface area contributed by atoms with E-state index >= 15 is 0 Å². The van der Waals surface area contributed by atoms with Crippen molar-refractivity contribution in [3.05, 3.63) is 66.2 Å². The van der Waals surface area contributed by atoms with Crippen LogP contribution in [0.15, 0.2) is 65.6 Å². The Hall–Kier alpha value is -3.17. The zero-order valence-electron chi connectivity index (χ0n) is 16.0. The molecule has 0 saturated carbocycles. The van der Waals surface area contributed by atoms with Gasteiger partial charge in [0.25, 0.3) is 10.0 Å². The number of carboxylic acids is 1. The number of carbonyl (C=O) groups excluding carboxylic acids is 1. The number of hydrogen-bond donors (Lipinski definition) is 3. The molecule has 8 nitrogen and oxygen atoms in total. The fourth-order valence-corrected chi connectivity index (χ4v) is 4.75. The third kappa shape index (κ3) is 3.81. The van der Waals surface area contributed by atoms with Gasteiger partial charge in [0.1, 0.15) is 5.92 Å². The number of nitrogens with one attached hydrogen (secondary N) is 2. The van der Waals surface area contributed by atoms with Crippen LogP contribution >= 0.6 is 0 Å². The van der Waals surface area contributed by atoms with E-state index in [-0.39, 0.29) is 4.90 Å². The Balaban J connectivity index is 1.44. The number of ether oxygens (including phenoxy) is 1. The highest BCUT2D eigenvalue weighted by Crippen LogP contribution is 2.39. The summed E-state index contributed by atoms with van der Waals surface area (Å²) in [6.45, 7) is 1.87. The van der Waals surface area contributed by atoms with Crippen molar-refractivity contribution in [2.24, 2.45) is 11.8 Å². The highest BCUT2D eigenvalue weighted by Gasteiger charge is 2.53. The molecule has 2 aromatic carbocycles. The van der Waals surface area contributed by atoms with Crippen LogP contribution in [-0.2, 0) is 24.3 Å². The van der Waals surface area contributed by atoms with Gasteiger partial charge < -0.3 is 15.2 Å². The highest BCUT2D eigenvalue weighted by atomic mass is 32.2. The molecule has 1 saturated heterocycles. The molecule has 2 bridgehead atoms. The zero-order chi connectivity index (χ0) is 21.5. The van der Waals surface area contributed by atoms with Crippen molar-refractivity contribution in [3.63, 3.8) is 0 Å². The maximum Gasteiger partial charge on any atom is 0.310 e. The van der Waals surface area contributed by atoms with Gasteiger partial charge in [0.2, 0.25) is 5.91 Å². The number of aryl methyl sites for hydroxylation is 1. The maximum absolute atomic E-state index is 12.6. The van der Waals surface area contributed by atoms with Crippen LogP contribution in [0, 0.1) is 18.8 Å². The summed E-state index contributed by atoms with van der Waals surface area (Å²) in [5.41, 5.74) is 1.72. The van der Waals surface area contributed by atoms with Gasteiger partial charge in [-0.1, -0.05) is 29.8 Å². The Morgan fingerprint density at radius 1 is 0.900 bits per heavy atom. The van der Waals surface area contributed by atoms with Gasteiger partial charge >= 0.3 is 5.97 Å². The first-order chi connectivity index (χ1) is 14.2. The first-order valence-corrected chi connectivity index (χ1v) is 10.8. The minimum Gasteiger partial charge on any atom is -0.481 e. The van der Waals surface area contributed by atoms with Crippen molar-refractivity contribution in [2.45, 2.75) is 24.0 Å². The quantitative estimate of drug-likeness (QED) is 0.608. The van der Waals surface area contributed by atoms with E-state index in [4.69, 9.17) is 4.74 Å². The molecule has 2 aliphatic heterocycles. The van der Waals surface area contributed by atoms with Gasteiger partial charge in [-0.15, -0.1) is 0 Å². The van der Waals surface area contributed by atoms with Crippen molar-refractivity contribution in [1.29, 1.82) is 0 Å². The number of sulfonamides is 1. The molecule has 0 spiro atoms.